The molecule has 4 heteroatoms. The first-order chi connectivity index (χ1) is 8.59. The maximum absolute atomic E-state index is 11.3. The monoisotopic (exact) mass is 262 g/mol. The first kappa shape index (κ1) is 15.6. The van der Waals surface area contributed by atoms with Gasteiger partial charge in [0.05, 0.1) is 5.97 Å². The van der Waals surface area contributed by atoms with E-state index in [2.05, 4.69) is 0 Å². The first-order valence-corrected chi connectivity index (χ1v) is 5.51. The van der Waals surface area contributed by atoms with Gasteiger partial charge < -0.3 is 9.90 Å². The standard InChI is InChI=1S/C15H12O3.Na/c1-10(16)12-7-8-13(14(9-12)15(17)18)11-5-3-2-4-6-11;/h2-9H,1H3,(H,17,18);/q;+1/p-1. The summed E-state index contributed by atoms with van der Waals surface area (Å²) >= 11 is 0. The Bertz CT molecular complexity index is 606. The van der Waals surface area contributed by atoms with Gasteiger partial charge in [-0.05, 0) is 24.1 Å². The molecule has 90 valence electrons. The summed E-state index contributed by atoms with van der Waals surface area (Å²) in [6.45, 7) is 1.40. The van der Waals surface area contributed by atoms with Gasteiger partial charge in [-0.15, -0.1) is 0 Å². The molecule has 0 N–H and O–H groups in total. The van der Waals surface area contributed by atoms with E-state index >= 15 is 0 Å². The SMILES string of the molecule is CC(=O)c1ccc(-c2ccccc2)c(C(=O)[O-])c1.[Na+]. The number of carbonyl (C=O) groups excluding carboxylic acids is 2. The fourth-order valence-corrected chi connectivity index (χ4v) is 1.80. The van der Waals surface area contributed by atoms with E-state index in [1.165, 1.54) is 13.0 Å². The van der Waals surface area contributed by atoms with Crippen molar-refractivity contribution < 1.29 is 44.3 Å². The molecular weight excluding hydrogens is 251 g/mol. The number of benzene rings is 2. The van der Waals surface area contributed by atoms with Crippen molar-refractivity contribution in [3.63, 3.8) is 0 Å². The summed E-state index contributed by atoms with van der Waals surface area (Å²) in [6, 6.07) is 13.8. The Morgan fingerprint density at radius 1 is 1.00 bits per heavy atom. The molecule has 0 aromatic heterocycles. The summed E-state index contributed by atoms with van der Waals surface area (Å²) in [6.07, 6.45) is 0. The second-order valence-electron chi connectivity index (χ2n) is 3.97. The number of ketones is 1. The maximum Gasteiger partial charge on any atom is 1.00 e. The van der Waals surface area contributed by atoms with Gasteiger partial charge in [-0.25, -0.2) is 0 Å². The van der Waals surface area contributed by atoms with Crippen molar-refractivity contribution in [2.24, 2.45) is 0 Å². The van der Waals surface area contributed by atoms with Crippen LogP contribution in [0.4, 0.5) is 0 Å². The Balaban J connectivity index is 0.00000180. The van der Waals surface area contributed by atoms with Gasteiger partial charge in [0.2, 0.25) is 0 Å². The first-order valence-electron chi connectivity index (χ1n) is 5.51. The molecule has 0 radical (unpaired) electrons. The number of rotatable bonds is 3. The molecule has 0 atom stereocenters. The molecule has 0 saturated heterocycles. The molecule has 0 bridgehead atoms. The van der Waals surface area contributed by atoms with Crippen LogP contribution in [0, 0.1) is 0 Å². The van der Waals surface area contributed by atoms with Crippen molar-refractivity contribution in [2.45, 2.75) is 6.92 Å². The molecule has 0 aliphatic carbocycles. The normalized spacial score (nSPS) is 9.53. The van der Waals surface area contributed by atoms with Crippen LogP contribution in [0.15, 0.2) is 48.5 Å². The smallest absolute Gasteiger partial charge is 0.545 e. The summed E-state index contributed by atoms with van der Waals surface area (Å²) in [5.41, 5.74) is 1.75. The van der Waals surface area contributed by atoms with Gasteiger partial charge in [-0.1, -0.05) is 42.5 Å². The molecule has 2 aromatic carbocycles. The molecule has 0 unspecified atom stereocenters. The number of aromatic carboxylic acids is 1. The molecular formula is C15H11NaO3. The molecule has 0 aliphatic rings. The van der Waals surface area contributed by atoms with E-state index in [1.807, 2.05) is 30.3 Å². The summed E-state index contributed by atoms with van der Waals surface area (Å²) in [4.78, 5) is 22.4. The number of Topliss-reactive ketones (excluding diaryl/α,β-unsaturated/α-hetero) is 1. The average molecular weight is 262 g/mol. The van der Waals surface area contributed by atoms with Crippen LogP contribution in [0.2, 0.25) is 0 Å². The van der Waals surface area contributed by atoms with E-state index in [4.69, 9.17) is 0 Å². The molecule has 0 fully saturated rings. The summed E-state index contributed by atoms with van der Waals surface area (Å²) < 4.78 is 0. The Morgan fingerprint density at radius 3 is 2.16 bits per heavy atom. The van der Waals surface area contributed by atoms with Crippen molar-refractivity contribution in [3.05, 3.63) is 59.7 Å². The fraction of sp³-hybridized carbons (Fsp3) is 0.0667. The van der Waals surface area contributed by atoms with Crippen LogP contribution in [0.1, 0.15) is 27.6 Å². The Labute approximate surface area is 133 Å². The van der Waals surface area contributed by atoms with Crippen molar-refractivity contribution in [1.29, 1.82) is 0 Å². The molecule has 0 amide bonds. The number of carboxylic acid groups (broad SMARTS) is 1. The second-order valence-corrected chi connectivity index (χ2v) is 3.97. The van der Waals surface area contributed by atoms with Crippen LogP contribution in [-0.2, 0) is 0 Å². The van der Waals surface area contributed by atoms with Crippen LogP contribution < -0.4 is 34.7 Å². The van der Waals surface area contributed by atoms with E-state index < -0.39 is 5.97 Å². The third-order valence-corrected chi connectivity index (χ3v) is 2.73. The number of hydrogen-bond donors (Lipinski definition) is 0. The minimum atomic E-state index is -1.28. The Morgan fingerprint density at radius 2 is 1.63 bits per heavy atom. The molecule has 2 aromatic rings. The van der Waals surface area contributed by atoms with E-state index in [-0.39, 0.29) is 40.9 Å². The van der Waals surface area contributed by atoms with Crippen molar-refractivity contribution in [1.82, 2.24) is 0 Å². The van der Waals surface area contributed by atoms with E-state index in [0.717, 1.165) is 5.56 Å². The molecule has 0 spiro atoms. The predicted octanol–water partition coefficient (Wildman–Crippen LogP) is -1.08. The number of hydrogen-bond acceptors (Lipinski definition) is 3. The molecule has 3 nitrogen and oxygen atoms in total. The third-order valence-electron chi connectivity index (χ3n) is 2.73. The van der Waals surface area contributed by atoms with E-state index in [1.54, 1.807) is 12.1 Å². The van der Waals surface area contributed by atoms with Gasteiger partial charge in [-0.2, -0.15) is 0 Å². The summed E-state index contributed by atoms with van der Waals surface area (Å²) in [7, 11) is 0. The largest absolute Gasteiger partial charge is 1.00 e. The Hall–Kier alpha value is -1.42. The van der Waals surface area contributed by atoms with Crippen LogP contribution >= 0.6 is 0 Å². The second kappa shape index (κ2) is 6.66. The quantitative estimate of drug-likeness (QED) is 0.522. The van der Waals surface area contributed by atoms with Crippen molar-refractivity contribution in [3.8, 4) is 11.1 Å². The topological polar surface area (TPSA) is 57.2 Å². The van der Waals surface area contributed by atoms with Crippen molar-refractivity contribution >= 4 is 11.8 Å². The van der Waals surface area contributed by atoms with Crippen LogP contribution in [0.5, 0.6) is 0 Å². The van der Waals surface area contributed by atoms with Crippen LogP contribution in [-0.4, -0.2) is 11.8 Å². The molecule has 19 heavy (non-hydrogen) atoms. The predicted molar refractivity (Wildman–Crippen MR) is 66.2 cm³/mol. The van der Waals surface area contributed by atoms with Gasteiger partial charge in [-0.3, -0.25) is 4.79 Å². The Kier molecular flexibility index (Phi) is 5.48. The molecule has 2 rings (SSSR count). The zero-order valence-electron chi connectivity index (χ0n) is 10.8. The summed E-state index contributed by atoms with van der Waals surface area (Å²) in [5.74, 6) is -1.45. The van der Waals surface area contributed by atoms with Gasteiger partial charge in [0, 0.05) is 11.1 Å². The summed E-state index contributed by atoms with van der Waals surface area (Å²) in [5, 5.41) is 11.1. The molecule has 0 saturated carbocycles. The van der Waals surface area contributed by atoms with Crippen LogP contribution in [0.25, 0.3) is 11.1 Å². The minimum Gasteiger partial charge on any atom is -0.545 e. The van der Waals surface area contributed by atoms with Gasteiger partial charge >= 0.3 is 29.6 Å². The minimum absolute atomic E-state index is 0. The third kappa shape index (κ3) is 3.53. The van der Waals surface area contributed by atoms with Gasteiger partial charge in [0.1, 0.15) is 0 Å². The van der Waals surface area contributed by atoms with Gasteiger partial charge in [0.15, 0.2) is 5.78 Å². The average Bonchev–Trinajstić information content (AvgIpc) is 2.39. The fourth-order valence-electron chi connectivity index (χ4n) is 1.80. The van der Waals surface area contributed by atoms with Crippen molar-refractivity contribution in [2.75, 3.05) is 0 Å². The van der Waals surface area contributed by atoms with Gasteiger partial charge in [0.25, 0.3) is 0 Å². The zero-order valence-corrected chi connectivity index (χ0v) is 12.8. The van der Waals surface area contributed by atoms with E-state index in [0.29, 0.717) is 11.1 Å². The maximum atomic E-state index is 11.3. The number of carbonyl (C=O) groups is 2. The zero-order chi connectivity index (χ0) is 13.1. The number of carboxylic acids is 1. The molecule has 0 heterocycles. The van der Waals surface area contributed by atoms with Crippen LogP contribution in [0.3, 0.4) is 0 Å². The van der Waals surface area contributed by atoms with E-state index in [9.17, 15) is 14.7 Å². The molecule has 0 aliphatic heterocycles.